The average Bonchev–Trinajstić information content (AvgIpc) is 2.57. The molecule has 0 spiro atoms. The molecule has 0 unspecified atom stereocenters. The first-order valence-electron chi connectivity index (χ1n) is 6.31. The van der Waals surface area contributed by atoms with E-state index in [2.05, 4.69) is 10.3 Å². The molecule has 1 heterocycles. The lowest BCUT2D eigenvalue weighted by atomic mass is 10.1. The Balaban J connectivity index is 2.01. The molecule has 0 amide bonds. The zero-order valence-corrected chi connectivity index (χ0v) is 11.1. The van der Waals surface area contributed by atoms with E-state index in [9.17, 15) is 8.42 Å². The highest BCUT2D eigenvalue weighted by Crippen LogP contribution is 2.20. The molecule has 3 N–H and O–H groups in total. The van der Waals surface area contributed by atoms with Crippen molar-refractivity contribution in [1.29, 1.82) is 0 Å². The second-order valence-corrected chi connectivity index (χ2v) is 6.32. The molecule has 1 fully saturated rings. The van der Waals surface area contributed by atoms with Crippen LogP contribution in [0.25, 0.3) is 0 Å². The van der Waals surface area contributed by atoms with Crippen molar-refractivity contribution in [3.8, 4) is 0 Å². The predicted octanol–water partition coefficient (Wildman–Crippen LogP) is 1.86. The first-order valence-corrected chi connectivity index (χ1v) is 7.86. The minimum absolute atomic E-state index is 0.0499. The van der Waals surface area contributed by atoms with E-state index in [-0.39, 0.29) is 4.90 Å². The standard InChI is InChI=1S/C12H19N3O2S/c13-18(16,17)11-7-8-12(14-9-11)15-10-5-3-1-2-4-6-10/h7-10H,1-6H2,(H,14,15)(H2,13,16,17). The second-order valence-electron chi connectivity index (χ2n) is 4.76. The highest BCUT2D eigenvalue weighted by molar-refractivity contribution is 7.89. The van der Waals surface area contributed by atoms with Gasteiger partial charge in [-0.1, -0.05) is 25.7 Å². The zero-order chi connectivity index (χ0) is 13.0. The molecule has 18 heavy (non-hydrogen) atoms. The zero-order valence-electron chi connectivity index (χ0n) is 10.3. The summed E-state index contributed by atoms with van der Waals surface area (Å²) < 4.78 is 22.2. The lowest BCUT2D eigenvalue weighted by Gasteiger charge is -2.16. The number of nitrogens with one attached hydrogen (secondary N) is 1. The third kappa shape index (κ3) is 3.68. The number of hydrogen-bond donors (Lipinski definition) is 2. The molecule has 1 aliphatic rings. The fourth-order valence-electron chi connectivity index (χ4n) is 2.27. The molecule has 1 aliphatic carbocycles. The number of rotatable bonds is 3. The fraction of sp³-hybridized carbons (Fsp3) is 0.583. The maximum Gasteiger partial charge on any atom is 0.239 e. The van der Waals surface area contributed by atoms with Crippen molar-refractivity contribution in [1.82, 2.24) is 4.98 Å². The van der Waals surface area contributed by atoms with Gasteiger partial charge in [0, 0.05) is 12.2 Å². The second kappa shape index (κ2) is 5.67. The van der Waals surface area contributed by atoms with Gasteiger partial charge in [0.15, 0.2) is 0 Å². The largest absolute Gasteiger partial charge is 0.367 e. The van der Waals surface area contributed by atoms with Crippen molar-refractivity contribution < 1.29 is 8.42 Å². The molecule has 0 aromatic carbocycles. The molecule has 0 saturated heterocycles. The van der Waals surface area contributed by atoms with Crippen LogP contribution in [-0.2, 0) is 10.0 Å². The van der Waals surface area contributed by atoms with E-state index in [4.69, 9.17) is 5.14 Å². The highest BCUT2D eigenvalue weighted by atomic mass is 32.2. The summed E-state index contributed by atoms with van der Waals surface area (Å²) in [5.41, 5.74) is 0. The van der Waals surface area contributed by atoms with Crippen LogP contribution in [0.2, 0.25) is 0 Å². The minimum Gasteiger partial charge on any atom is -0.367 e. The summed E-state index contributed by atoms with van der Waals surface area (Å²) in [4.78, 5) is 4.15. The van der Waals surface area contributed by atoms with Gasteiger partial charge in [-0.25, -0.2) is 18.5 Å². The summed E-state index contributed by atoms with van der Waals surface area (Å²) in [6, 6.07) is 3.60. The monoisotopic (exact) mass is 269 g/mol. The molecular formula is C12H19N3O2S. The van der Waals surface area contributed by atoms with Crippen LogP contribution in [-0.4, -0.2) is 19.4 Å². The van der Waals surface area contributed by atoms with Crippen molar-refractivity contribution in [3.63, 3.8) is 0 Å². The third-order valence-electron chi connectivity index (χ3n) is 3.27. The van der Waals surface area contributed by atoms with E-state index in [1.165, 1.54) is 37.9 Å². The number of aromatic nitrogens is 1. The quantitative estimate of drug-likeness (QED) is 0.820. The van der Waals surface area contributed by atoms with Gasteiger partial charge < -0.3 is 5.32 Å². The van der Waals surface area contributed by atoms with Crippen molar-refractivity contribution in [2.75, 3.05) is 5.32 Å². The van der Waals surface area contributed by atoms with E-state index in [0.29, 0.717) is 11.9 Å². The normalized spacial score (nSPS) is 18.3. The topological polar surface area (TPSA) is 85.1 Å². The van der Waals surface area contributed by atoms with E-state index < -0.39 is 10.0 Å². The van der Waals surface area contributed by atoms with Crippen molar-refractivity contribution >= 4 is 15.8 Å². The number of hydrogen-bond acceptors (Lipinski definition) is 4. The Morgan fingerprint density at radius 3 is 2.33 bits per heavy atom. The van der Waals surface area contributed by atoms with E-state index in [0.717, 1.165) is 12.8 Å². The van der Waals surface area contributed by atoms with Crippen LogP contribution < -0.4 is 10.5 Å². The van der Waals surface area contributed by atoms with Crippen LogP contribution >= 0.6 is 0 Å². The smallest absolute Gasteiger partial charge is 0.239 e. The Hall–Kier alpha value is -1.14. The van der Waals surface area contributed by atoms with Crippen LogP contribution in [0.4, 0.5) is 5.82 Å². The first kappa shape index (κ1) is 13.3. The number of nitrogens with two attached hydrogens (primary N) is 1. The molecule has 2 rings (SSSR count). The van der Waals surface area contributed by atoms with Crippen LogP contribution in [0.1, 0.15) is 38.5 Å². The highest BCUT2D eigenvalue weighted by Gasteiger charge is 2.13. The number of primary sulfonamides is 1. The lowest BCUT2D eigenvalue weighted by Crippen LogP contribution is -2.19. The molecular weight excluding hydrogens is 250 g/mol. The van der Waals surface area contributed by atoms with E-state index in [1.54, 1.807) is 6.07 Å². The molecule has 1 aromatic rings. The van der Waals surface area contributed by atoms with Crippen molar-refractivity contribution in [2.24, 2.45) is 5.14 Å². The van der Waals surface area contributed by atoms with E-state index in [1.807, 2.05) is 0 Å². The fourth-order valence-corrected chi connectivity index (χ4v) is 2.72. The number of anilines is 1. The van der Waals surface area contributed by atoms with Crippen LogP contribution in [0.5, 0.6) is 0 Å². The summed E-state index contributed by atoms with van der Waals surface area (Å²) in [6.07, 6.45) is 8.69. The van der Waals surface area contributed by atoms with Crippen molar-refractivity contribution in [2.45, 2.75) is 49.5 Å². The van der Waals surface area contributed by atoms with Gasteiger partial charge in [-0.15, -0.1) is 0 Å². The molecule has 1 saturated carbocycles. The molecule has 0 aliphatic heterocycles. The Kier molecular flexibility index (Phi) is 4.19. The molecule has 6 heteroatoms. The molecule has 0 radical (unpaired) electrons. The summed E-state index contributed by atoms with van der Waals surface area (Å²) in [7, 11) is -3.65. The van der Waals surface area contributed by atoms with Gasteiger partial charge in [0.05, 0.1) is 0 Å². The van der Waals surface area contributed by atoms with Gasteiger partial charge in [-0.05, 0) is 25.0 Å². The average molecular weight is 269 g/mol. The van der Waals surface area contributed by atoms with Crippen LogP contribution in [0.3, 0.4) is 0 Å². The summed E-state index contributed by atoms with van der Waals surface area (Å²) >= 11 is 0. The van der Waals surface area contributed by atoms with Gasteiger partial charge in [-0.3, -0.25) is 0 Å². The first-order chi connectivity index (χ1) is 8.55. The molecule has 0 atom stereocenters. The third-order valence-corrected chi connectivity index (χ3v) is 4.17. The molecule has 5 nitrogen and oxygen atoms in total. The Labute approximate surface area is 108 Å². The summed E-state index contributed by atoms with van der Waals surface area (Å²) in [5, 5.41) is 8.38. The van der Waals surface area contributed by atoms with Crippen LogP contribution in [0.15, 0.2) is 23.2 Å². The maximum atomic E-state index is 11.1. The van der Waals surface area contributed by atoms with Gasteiger partial charge >= 0.3 is 0 Å². The van der Waals surface area contributed by atoms with Gasteiger partial charge in [0.2, 0.25) is 10.0 Å². The predicted molar refractivity (Wildman–Crippen MR) is 70.7 cm³/mol. The lowest BCUT2D eigenvalue weighted by molar-refractivity contribution is 0.597. The van der Waals surface area contributed by atoms with Gasteiger partial charge in [0.25, 0.3) is 0 Å². The Morgan fingerprint density at radius 2 is 1.83 bits per heavy atom. The summed E-state index contributed by atoms with van der Waals surface area (Å²) in [6.45, 7) is 0. The number of pyridine rings is 1. The molecule has 1 aromatic heterocycles. The number of sulfonamides is 1. The summed E-state index contributed by atoms with van der Waals surface area (Å²) in [5.74, 6) is 0.717. The number of nitrogens with zero attached hydrogens (tertiary/aromatic N) is 1. The van der Waals surface area contributed by atoms with Gasteiger partial charge in [-0.2, -0.15) is 0 Å². The maximum absolute atomic E-state index is 11.1. The van der Waals surface area contributed by atoms with Crippen LogP contribution in [0, 0.1) is 0 Å². The molecule has 0 bridgehead atoms. The van der Waals surface area contributed by atoms with Crippen molar-refractivity contribution in [3.05, 3.63) is 18.3 Å². The molecule has 100 valence electrons. The minimum atomic E-state index is -3.65. The van der Waals surface area contributed by atoms with Gasteiger partial charge in [0.1, 0.15) is 10.7 Å². The van der Waals surface area contributed by atoms with E-state index >= 15 is 0 Å². The Bertz CT molecular complexity index is 477. The SMILES string of the molecule is NS(=O)(=O)c1ccc(NC2CCCCCC2)nc1. The Morgan fingerprint density at radius 1 is 1.17 bits per heavy atom.